The molecule has 2 aliphatic carbocycles. The fourth-order valence-corrected chi connectivity index (χ4v) is 3.61. The van der Waals surface area contributed by atoms with E-state index in [0.717, 1.165) is 11.8 Å². The van der Waals surface area contributed by atoms with Crippen molar-refractivity contribution in [2.45, 2.75) is 32.6 Å². The molecule has 3 rings (SSSR count). The Morgan fingerprint density at radius 1 is 1.37 bits per heavy atom. The molecule has 0 radical (unpaired) electrons. The van der Waals surface area contributed by atoms with Gasteiger partial charge in [-0.15, -0.1) is 0 Å². The van der Waals surface area contributed by atoms with Crippen molar-refractivity contribution in [3.8, 4) is 5.75 Å². The molecule has 1 aromatic rings. The van der Waals surface area contributed by atoms with Crippen LogP contribution in [-0.2, 0) is 0 Å². The highest BCUT2D eigenvalue weighted by molar-refractivity contribution is 5.94. The van der Waals surface area contributed by atoms with Gasteiger partial charge < -0.3 is 4.74 Å². The first-order chi connectivity index (χ1) is 9.13. The Bertz CT molecular complexity index is 498. The van der Waals surface area contributed by atoms with Crippen LogP contribution in [-0.4, -0.2) is 12.4 Å². The number of benzene rings is 1. The first-order valence-electron chi connectivity index (χ1n) is 7.07. The van der Waals surface area contributed by atoms with Crippen LogP contribution in [0.1, 0.15) is 43.0 Å². The van der Waals surface area contributed by atoms with E-state index in [9.17, 15) is 9.18 Å². The van der Waals surface area contributed by atoms with Gasteiger partial charge in [0, 0.05) is 5.56 Å². The molecule has 2 bridgehead atoms. The predicted octanol–water partition coefficient (Wildman–Crippen LogP) is 3.84. The number of halogens is 1. The van der Waals surface area contributed by atoms with E-state index in [1.54, 1.807) is 12.1 Å². The van der Waals surface area contributed by atoms with Gasteiger partial charge in [0.15, 0.2) is 17.3 Å². The van der Waals surface area contributed by atoms with Gasteiger partial charge >= 0.3 is 0 Å². The SMILES string of the molecule is CC(=O)c1ccc(OCC2CC3CCC2C3)c(F)c1. The van der Waals surface area contributed by atoms with Gasteiger partial charge in [-0.1, -0.05) is 6.42 Å². The molecular weight excluding hydrogens is 243 g/mol. The number of hydrogen-bond donors (Lipinski definition) is 0. The number of Topliss-reactive ketones (excluding diaryl/α,β-unsaturated/α-hetero) is 1. The molecule has 1 aromatic carbocycles. The molecule has 0 N–H and O–H groups in total. The summed E-state index contributed by atoms with van der Waals surface area (Å²) in [5.41, 5.74) is 0.393. The second kappa shape index (κ2) is 4.95. The van der Waals surface area contributed by atoms with E-state index in [1.807, 2.05) is 0 Å². The summed E-state index contributed by atoms with van der Waals surface area (Å²) in [7, 11) is 0. The topological polar surface area (TPSA) is 26.3 Å². The van der Waals surface area contributed by atoms with Crippen LogP contribution in [0.25, 0.3) is 0 Å². The highest BCUT2D eigenvalue weighted by Crippen LogP contribution is 2.48. The average molecular weight is 262 g/mol. The fraction of sp³-hybridized carbons (Fsp3) is 0.562. The van der Waals surface area contributed by atoms with Crippen LogP contribution in [0.3, 0.4) is 0 Å². The van der Waals surface area contributed by atoms with E-state index in [0.29, 0.717) is 18.1 Å². The van der Waals surface area contributed by atoms with E-state index < -0.39 is 5.82 Å². The van der Waals surface area contributed by atoms with E-state index in [1.165, 1.54) is 38.7 Å². The summed E-state index contributed by atoms with van der Waals surface area (Å²) < 4.78 is 19.4. The molecular formula is C16H19FO2. The quantitative estimate of drug-likeness (QED) is 0.770. The largest absolute Gasteiger partial charge is 0.490 e. The van der Waals surface area contributed by atoms with Gasteiger partial charge in [-0.25, -0.2) is 4.39 Å². The summed E-state index contributed by atoms with van der Waals surface area (Å²) in [6.45, 7) is 2.04. The van der Waals surface area contributed by atoms with Gasteiger partial charge in [0.1, 0.15) is 0 Å². The molecule has 0 heterocycles. The van der Waals surface area contributed by atoms with Crippen LogP contribution in [0.4, 0.5) is 4.39 Å². The maximum absolute atomic E-state index is 13.8. The van der Waals surface area contributed by atoms with E-state index in [-0.39, 0.29) is 11.5 Å². The Morgan fingerprint density at radius 2 is 2.21 bits per heavy atom. The minimum Gasteiger partial charge on any atom is -0.490 e. The van der Waals surface area contributed by atoms with Gasteiger partial charge in [0.05, 0.1) is 6.61 Å². The third kappa shape index (κ3) is 2.51. The van der Waals surface area contributed by atoms with Crippen molar-refractivity contribution in [3.63, 3.8) is 0 Å². The Balaban J connectivity index is 1.62. The highest BCUT2D eigenvalue weighted by atomic mass is 19.1. The molecule has 0 spiro atoms. The molecule has 2 aliphatic rings. The van der Waals surface area contributed by atoms with Crippen molar-refractivity contribution in [2.24, 2.45) is 17.8 Å². The maximum Gasteiger partial charge on any atom is 0.165 e. The van der Waals surface area contributed by atoms with Crippen LogP contribution in [0, 0.1) is 23.6 Å². The van der Waals surface area contributed by atoms with Gasteiger partial charge in [0.25, 0.3) is 0 Å². The lowest BCUT2D eigenvalue weighted by molar-refractivity contribution is 0.101. The van der Waals surface area contributed by atoms with Crippen molar-refractivity contribution in [2.75, 3.05) is 6.61 Å². The van der Waals surface area contributed by atoms with Crippen LogP contribution in [0.5, 0.6) is 5.75 Å². The van der Waals surface area contributed by atoms with Crippen molar-refractivity contribution in [3.05, 3.63) is 29.6 Å². The van der Waals surface area contributed by atoms with E-state index >= 15 is 0 Å². The molecule has 2 fully saturated rings. The first-order valence-corrected chi connectivity index (χ1v) is 7.07. The standard InChI is InChI=1S/C16H19FO2/c1-10(18)12-4-5-16(15(17)8-12)19-9-14-7-11-2-3-13(14)6-11/h4-5,8,11,13-14H,2-3,6-7,9H2,1H3. The van der Waals surface area contributed by atoms with Crippen molar-refractivity contribution < 1.29 is 13.9 Å². The molecule has 19 heavy (non-hydrogen) atoms. The summed E-state index contributed by atoms with van der Waals surface area (Å²) in [5.74, 6) is 1.96. The molecule has 2 saturated carbocycles. The number of carbonyl (C=O) groups is 1. The van der Waals surface area contributed by atoms with Crippen LogP contribution in [0.15, 0.2) is 18.2 Å². The summed E-state index contributed by atoms with van der Waals surface area (Å²) >= 11 is 0. The van der Waals surface area contributed by atoms with Gasteiger partial charge in [-0.2, -0.15) is 0 Å². The first kappa shape index (κ1) is 12.6. The molecule has 0 aromatic heterocycles. The lowest BCUT2D eigenvalue weighted by Gasteiger charge is -2.21. The molecule has 2 nitrogen and oxygen atoms in total. The van der Waals surface area contributed by atoms with Crippen LogP contribution in [0.2, 0.25) is 0 Å². The third-order valence-electron chi connectivity index (χ3n) is 4.68. The maximum atomic E-state index is 13.8. The highest BCUT2D eigenvalue weighted by Gasteiger charge is 2.39. The predicted molar refractivity (Wildman–Crippen MR) is 70.8 cm³/mol. The van der Waals surface area contributed by atoms with E-state index in [2.05, 4.69) is 0 Å². The van der Waals surface area contributed by atoms with E-state index in [4.69, 9.17) is 4.74 Å². The summed E-state index contributed by atoms with van der Waals surface area (Å²) in [5, 5.41) is 0. The number of ether oxygens (including phenoxy) is 1. The van der Waals surface area contributed by atoms with Crippen LogP contribution < -0.4 is 4.74 Å². The monoisotopic (exact) mass is 262 g/mol. The molecule has 0 saturated heterocycles. The molecule has 0 aliphatic heterocycles. The van der Waals surface area contributed by atoms with Crippen molar-refractivity contribution >= 4 is 5.78 Å². The zero-order valence-electron chi connectivity index (χ0n) is 11.2. The number of ketones is 1. The second-order valence-corrected chi connectivity index (χ2v) is 5.95. The number of hydrogen-bond acceptors (Lipinski definition) is 2. The summed E-state index contributed by atoms with van der Waals surface area (Å²) in [6, 6.07) is 4.46. The summed E-state index contributed by atoms with van der Waals surface area (Å²) in [6.07, 6.45) is 5.24. The van der Waals surface area contributed by atoms with Crippen molar-refractivity contribution in [1.29, 1.82) is 0 Å². The second-order valence-electron chi connectivity index (χ2n) is 5.95. The smallest absolute Gasteiger partial charge is 0.165 e. The Labute approximate surface area is 113 Å². The minimum atomic E-state index is -0.434. The molecule has 0 amide bonds. The lowest BCUT2D eigenvalue weighted by atomic mass is 9.89. The normalized spacial score (nSPS) is 28.6. The average Bonchev–Trinajstić information content (AvgIpc) is 2.99. The minimum absolute atomic E-state index is 0.126. The Hall–Kier alpha value is -1.38. The number of rotatable bonds is 4. The summed E-state index contributed by atoms with van der Waals surface area (Å²) in [4.78, 5) is 11.2. The van der Waals surface area contributed by atoms with Crippen LogP contribution >= 0.6 is 0 Å². The zero-order chi connectivity index (χ0) is 13.4. The van der Waals surface area contributed by atoms with Crippen molar-refractivity contribution in [1.82, 2.24) is 0 Å². The van der Waals surface area contributed by atoms with Gasteiger partial charge in [-0.05, 0) is 62.1 Å². The molecule has 3 unspecified atom stereocenters. The van der Waals surface area contributed by atoms with Gasteiger partial charge in [-0.3, -0.25) is 4.79 Å². The molecule has 3 atom stereocenters. The fourth-order valence-electron chi connectivity index (χ4n) is 3.61. The zero-order valence-corrected chi connectivity index (χ0v) is 11.2. The Kier molecular flexibility index (Phi) is 3.29. The third-order valence-corrected chi connectivity index (χ3v) is 4.68. The lowest BCUT2D eigenvalue weighted by Crippen LogP contribution is -2.18. The van der Waals surface area contributed by atoms with Gasteiger partial charge in [0.2, 0.25) is 0 Å². The number of carbonyl (C=O) groups excluding carboxylic acids is 1. The number of fused-ring (bicyclic) bond motifs is 2. The Morgan fingerprint density at radius 3 is 2.79 bits per heavy atom. The molecule has 3 heteroatoms. The molecule has 102 valence electrons.